The summed E-state index contributed by atoms with van der Waals surface area (Å²) in [6.07, 6.45) is 2.68. The van der Waals surface area contributed by atoms with Crippen LogP contribution >= 0.6 is 0 Å². The molecule has 0 spiro atoms. The summed E-state index contributed by atoms with van der Waals surface area (Å²) >= 11 is 0. The Morgan fingerprint density at radius 2 is 2.06 bits per heavy atom. The molecule has 18 heavy (non-hydrogen) atoms. The van der Waals surface area contributed by atoms with E-state index >= 15 is 0 Å². The van der Waals surface area contributed by atoms with Crippen molar-refractivity contribution < 1.29 is 9.53 Å². The predicted octanol–water partition coefficient (Wildman–Crippen LogP) is 2.49. The minimum absolute atomic E-state index is 0.0140. The van der Waals surface area contributed by atoms with Gasteiger partial charge in [0.15, 0.2) is 0 Å². The molecule has 0 bridgehead atoms. The third-order valence-electron chi connectivity index (χ3n) is 3.82. The molecule has 0 aliphatic heterocycles. The molecule has 3 unspecified atom stereocenters. The molecule has 1 saturated carbocycles. The highest BCUT2D eigenvalue weighted by Crippen LogP contribution is 2.28. The van der Waals surface area contributed by atoms with Gasteiger partial charge in [0.25, 0.3) is 0 Å². The van der Waals surface area contributed by atoms with Gasteiger partial charge >= 0.3 is 5.97 Å². The van der Waals surface area contributed by atoms with Crippen LogP contribution < -0.4 is 5.73 Å². The zero-order valence-corrected chi connectivity index (χ0v) is 10.8. The van der Waals surface area contributed by atoms with Gasteiger partial charge in [0.2, 0.25) is 0 Å². The number of benzene rings is 1. The van der Waals surface area contributed by atoms with Crippen molar-refractivity contribution in [3.8, 4) is 0 Å². The number of ether oxygens (including phenoxy) is 1. The van der Waals surface area contributed by atoms with E-state index in [0.29, 0.717) is 12.5 Å². The highest BCUT2D eigenvalue weighted by atomic mass is 16.5. The predicted molar refractivity (Wildman–Crippen MR) is 70.7 cm³/mol. The lowest BCUT2D eigenvalue weighted by Gasteiger charge is -2.30. The monoisotopic (exact) mass is 247 g/mol. The van der Waals surface area contributed by atoms with Crippen molar-refractivity contribution in [3.05, 3.63) is 35.9 Å². The van der Waals surface area contributed by atoms with Crippen molar-refractivity contribution in [3.63, 3.8) is 0 Å². The lowest BCUT2D eigenvalue weighted by molar-refractivity contribution is -0.151. The molecule has 0 aromatic heterocycles. The van der Waals surface area contributed by atoms with Crippen molar-refractivity contribution in [2.75, 3.05) is 0 Å². The van der Waals surface area contributed by atoms with E-state index in [1.54, 1.807) is 0 Å². The summed E-state index contributed by atoms with van der Waals surface area (Å²) in [4.78, 5) is 11.9. The number of carbonyl (C=O) groups excluding carboxylic acids is 1. The van der Waals surface area contributed by atoms with Crippen LogP contribution in [0.3, 0.4) is 0 Å². The molecular weight excluding hydrogens is 226 g/mol. The first-order valence-corrected chi connectivity index (χ1v) is 6.63. The third kappa shape index (κ3) is 3.33. The minimum atomic E-state index is -0.0961. The number of carbonyl (C=O) groups is 1. The second-order valence-corrected chi connectivity index (χ2v) is 5.24. The maximum absolute atomic E-state index is 11.9. The lowest BCUT2D eigenvalue weighted by Crippen LogP contribution is -2.38. The van der Waals surface area contributed by atoms with Crippen LogP contribution in [0, 0.1) is 11.8 Å². The fourth-order valence-electron chi connectivity index (χ4n) is 2.42. The minimum Gasteiger partial charge on any atom is -0.461 e. The van der Waals surface area contributed by atoms with Crippen molar-refractivity contribution >= 4 is 5.97 Å². The van der Waals surface area contributed by atoms with Gasteiger partial charge in [-0.1, -0.05) is 37.3 Å². The van der Waals surface area contributed by atoms with Crippen LogP contribution in [0.15, 0.2) is 30.3 Å². The first-order valence-electron chi connectivity index (χ1n) is 6.63. The van der Waals surface area contributed by atoms with Gasteiger partial charge < -0.3 is 10.5 Å². The van der Waals surface area contributed by atoms with Crippen molar-refractivity contribution in [2.24, 2.45) is 17.6 Å². The Bertz CT molecular complexity index is 391. The zero-order valence-electron chi connectivity index (χ0n) is 10.8. The normalized spacial score (nSPS) is 27.8. The van der Waals surface area contributed by atoms with Crippen LogP contribution in [0.5, 0.6) is 0 Å². The van der Waals surface area contributed by atoms with E-state index in [-0.39, 0.29) is 17.9 Å². The summed E-state index contributed by atoms with van der Waals surface area (Å²) in [5, 5.41) is 0. The molecule has 1 fully saturated rings. The number of nitrogens with two attached hydrogens (primary N) is 1. The number of hydrogen-bond donors (Lipinski definition) is 1. The largest absolute Gasteiger partial charge is 0.461 e. The Hall–Kier alpha value is -1.35. The van der Waals surface area contributed by atoms with Crippen molar-refractivity contribution in [1.82, 2.24) is 0 Å². The fourth-order valence-corrected chi connectivity index (χ4v) is 2.42. The van der Waals surface area contributed by atoms with Crippen LogP contribution in [0.2, 0.25) is 0 Å². The highest BCUT2D eigenvalue weighted by Gasteiger charge is 2.30. The van der Waals surface area contributed by atoms with Gasteiger partial charge in [-0.05, 0) is 30.7 Å². The van der Waals surface area contributed by atoms with Gasteiger partial charge in [-0.15, -0.1) is 0 Å². The lowest BCUT2D eigenvalue weighted by atomic mass is 9.80. The summed E-state index contributed by atoms with van der Waals surface area (Å²) in [6.45, 7) is 2.51. The Kier molecular flexibility index (Phi) is 4.37. The molecule has 2 rings (SSSR count). The second kappa shape index (κ2) is 6.01. The average molecular weight is 247 g/mol. The van der Waals surface area contributed by atoms with Crippen LogP contribution in [-0.2, 0) is 16.1 Å². The van der Waals surface area contributed by atoms with E-state index in [0.717, 1.165) is 24.8 Å². The van der Waals surface area contributed by atoms with Crippen LogP contribution in [0.25, 0.3) is 0 Å². The summed E-state index contributed by atoms with van der Waals surface area (Å²) in [7, 11) is 0. The van der Waals surface area contributed by atoms with E-state index < -0.39 is 0 Å². The SMILES string of the molecule is CC1CCC(C(=O)OCc2ccccc2)CC1N. The van der Waals surface area contributed by atoms with Crippen molar-refractivity contribution in [1.29, 1.82) is 0 Å². The van der Waals surface area contributed by atoms with E-state index in [4.69, 9.17) is 10.5 Å². The molecule has 0 heterocycles. The van der Waals surface area contributed by atoms with E-state index in [2.05, 4.69) is 6.92 Å². The Labute approximate surface area is 108 Å². The molecule has 0 amide bonds. The fraction of sp³-hybridized carbons (Fsp3) is 0.533. The average Bonchev–Trinajstić information content (AvgIpc) is 2.40. The highest BCUT2D eigenvalue weighted by molar-refractivity contribution is 5.72. The Morgan fingerprint density at radius 3 is 2.72 bits per heavy atom. The van der Waals surface area contributed by atoms with Crippen LogP contribution in [0.4, 0.5) is 0 Å². The van der Waals surface area contributed by atoms with E-state index in [1.807, 2.05) is 30.3 Å². The molecule has 0 saturated heterocycles. The summed E-state index contributed by atoms with van der Waals surface area (Å²) < 4.78 is 5.36. The molecule has 1 aromatic rings. The third-order valence-corrected chi connectivity index (χ3v) is 3.82. The molecular formula is C15H21NO2. The van der Waals surface area contributed by atoms with Gasteiger partial charge in [0, 0.05) is 6.04 Å². The van der Waals surface area contributed by atoms with Crippen molar-refractivity contribution in [2.45, 2.75) is 38.8 Å². The smallest absolute Gasteiger partial charge is 0.309 e. The Morgan fingerprint density at radius 1 is 1.33 bits per heavy atom. The molecule has 98 valence electrons. The summed E-state index contributed by atoms with van der Waals surface area (Å²) in [5.74, 6) is 0.407. The van der Waals surface area contributed by atoms with E-state index in [9.17, 15) is 4.79 Å². The maximum atomic E-state index is 11.9. The van der Waals surface area contributed by atoms with Gasteiger partial charge in [-0.3, -0.25) is 4.79 Å². The van der Waals surface area contributed by atoms with Gasteiger partial charge in [-0.2, -0.15) is 0 Å². The molecule has 1 aliphatic carbocycles. The topological polar surface area (TPSA) is 52.3 Å². The zero-order chi connectivity index (χ0) is 13.0. The molecule has 0 radical (unpaired) electrons. The molecule has 1 aromatic carbocycles. The first kappa shape index (κ1) is 13.1. The van der Waals surface area contributed by atoms with E-state index in [1.165, 1.54) is 0 Å². The van der Waals surface area contributed by atoms with Gasteiger partial charge in [0.05, 0.1) is 5.92 Å². The number of esters is 1. The van der Waals surface area contributed by atoms with Gasteiger partial charge in [0.1, 0.15) is 6.61 Å². The second-order valence-electron chi connectivity index (χ2n) is 5.24. The Balaban J connectivity index is 1.82. The molecule has 2 N–H and O–H groups in total. The quantitative estimate of drug-likeness (QED) is 0.835. The molecule has 3 nitrogen and oxygen atoms in total. The maximum Gasteiger partial charge on any atom is 0.309 e. The standard InChI is InChI=1S/C15H21NO2/c1-11-7-8-13(9-14(11)16)15(17)18-10-12-5-3-2-4-6-12/h2-6,11,13-14H,7-10,16H2,1H3. The number of hydrogen-bond acceptors (Lipinski definition) is 3. The first-order chi connectivity index (χ1) is 8.66. The summed E-state index contributed by atoms with van der Waals surface area (Å²) in [6, 6.07) is 9.90. The molecule has 1 aliphatic rings. The van der Waals surface area contributed by atoms with Gasteiger partial charge in [-0.25, -0.2) is 0 Å². The molecule has 3 heteroatoms. The molecule has 3 atom stereocenters. The summed E-state index contributed by atoms with van der Waals surface area (Å²) in [5.41, 5.74) is 7.03. The van der Waals surface area contributed by atoms with Crippen LogP contribution in [-0.4, -0.2) is 12.0 Å². The van der Waals surface area contributed by atoms with Crippen LogP contribution in [0.1, 0.15) is 31.7 Å². The number of rotatable bonds is 3.